The van der Waals surface area contributed by atoms with Gasteiger partial charge in [-0.05, 0) is 46.6 Å². The monoisotopic (exact) mass is 349 g/mol. The van der Waals surface area contributed by atoms with E-state index in [4.69, 9.17) is 4.74 Å². The number of benzene rings is 1. The van der Waals surface area contributed by atoms with Gasteiger partial charge in [0, 0.05) is 30.8 Å². The minimum absolute atomic E-state index is 0.170. The molecule has 0 aromatic heterocycles. The van der Waals surface area contributed by atoms with E-state index in [9.17, 15) is 14.9 Å². The van der Waals surface area contributed by atoms with Crippen LogP contribution in [0.5, 0.6) is 0 Å². The van der Waals surface area contributed by atoms with Crippen molar-refractivity contribution in [1.82, 2.24) is 10.2 Å². The third-order valence-electron chi connectivity index (χ3n) is 4.16. The Morgan fingerprint density at radius 2 is 1.96 bits per heavy atom. The molecule has 138 valence electrons. The van der Waals surface area contributed by atoms with E-state index in [0.29, 0.717) is 32.1 Å². The molecular formula is C18H27N3O4. The number of nitrogens with zero attached hydrogens (tertiary/aromatic N) is 2. The molecule has 1 aromatic carbocycles. The Balaban J connectivity index is 1.74. The Morgan fingerprint density at radius 1 is 1.32 bits per heavy atom. The van der Waals surface area contributed by atoms with Crippen molar-refractivity contribution in [3.8, 4) is 0 Å². The third-order valence-corrected chi connectivity index (χ3v) is 4.16. The average Bonchev–Trinajstić information content (AvgIpc) is 2.54. The molecule has 7 nitrogen and oxygen atoms in total. The van der Waals surface area contributed by atoms with Crippen molar-refractivity contribution in [3.63, 3.8) is 0 Å². The first kappa shape index (κ1) is 19.2. The van der Waals surface area contributed by atoms with E-state index < -0.39 is 5.60 Å². The summed E-state index contributed by atoms with van der Waals surface area (Å²) in [6.45, 7) is 7.60. The van der Waals surface area contributed by atoms with Gasteiger partial charge in [-0.1, -0.05) is 18.2 Å². The number of carbonyl (C=O) groups is 1. The van der Waals surface area contributed by atoms with Gasteiger partial charge in [0.05, 0.1) is 4.92 Å². The minimum Gasteiger partial charge on any atom is -0.444 e. The van der Waals surface area contributed by atoms with Gasteiger partial charge in [0.15, 0.2) is 0 Å². The molecular weight excluding hydrogens is 322 g/mol. The highest BCUT2D eigenvalue weighted by atomic mass is 16.6. The lowest BCUT2D eigenvalue weighted by atomic mass is 10.0. The SMILES string of the molecule is CC(C)(C)OC(=O)N1CCC(NCCc2ccccc2[N+](=O)[O-])CC1. The fourth-order valence-electron chi connectivity index (χ4n) is 2.90. The van der Waals surface area contributed by atoms with E-state index in [2.05, 4.69) is 5.32 Å². The summed E-state index contributed by atoms with van der Waals surface area (Å²) in [6.07, 6.45) is 2.07. The van der Waals surface area contributed by atoms with E-state index in [1.54, 1.807) is 17.0 Å². The zero-order valence-electron chi connectivity index (χ0n) is 15.2. The Bertz CT molecular complexity index is 605. The summed E-state index contributed by atoms with van der Waals surface area (Å²) in [7, 11) is 0. The highest BCUT2D eigenvalue weighted by Crippen LogP contribution is 2.18. The van der Waals surface area contributed by atoms with E-state index in [1.807, 2.05) is 26.8 Å². The maximum absolute atomic E-state index is 12.0. The maximum Gasteiger partial charge on any atom is 0.410 e. The van der Waals surface area contributed by atoms with Crippen molar-refractivity contribution >= 4 is 11.8 Å². The molecule has 2 rings (SSSR count). The van der Waals surface area contributed by atoms with Crippen LogP contribution in [0.1, 0.15) is 39.2 Å². The lowest BCUT2D eigenvalue weighted by Crippen LogP contribution is -2.46. The summed E-state index contributed by atoms with van der Waals surface area (Å²) in [6, 6.07) is 7.16. The molecule has 1 aromatic rings. The second-order valence-corrected chi connectivity index (χ2v) is 7.33. The van der Waals surface area contributed by atoms with Gasteiger partial charge in [-0.3, -0.25) is 10.1 Å². The predicted molar refractivity (Wildman–Crippen MR) is 95.6 cm³/mol. The number of ether oxygens (including phenoxy) is 1. The summed E-state index contributed by atoms with van der Waals surface area (Å²) >= 11 is 0. The molecule has 0 spiro atoms. The molecule has 7 heteroatoms. The predicted octanol–water partition coefficient (Wildman–Crippen LogP) is 3.13. The molecule has 1 aliphatic heterocycles. The molecule has 1 N–H and O–H groups in total. The van der Waals surface area contributed by atoms with Crippen LogP contribution in [0.3, 0.4) is 0 Å². The van der Waals surface area contributed by atoms with Crippen LogP contribution in [0.4, 0.5) is 10.5 Å². The molecule has 0 atom stereocenters. The first-order chi connectivity index (χ1) is 11.8. The number of likely N-dealkylation sites (tertiary alicyclic amines) is 1. The molecule has 0 unspecified atom stereocenters. The van der Waals surface area contributed by atoms with Gasteiger partial charge in [-0.15, -0.1) is 0 Å². The lowest BCUT2D eigenvalue weighted by Gasteiger charge is -2.33. The van der Waals surface area contributed by atoms with Crippen molar-refractivity contribution in [2.45, 2.75) is 51.7 Å². The van der Waals surface area contributed by atoms with Gasteiger partial charge in [0.25, 0.3) is 5.69 Å². The molecule has 0 bridgehead atoms. The van der Waals surface area contributed by atoms with Gasteiger partial charge in [0.1, 0.15) is 5.60 Å². The Labute approximate surface area is 148 Å². The number of hydrogen-bond donors (Lipinski definition) is 1. The van der Waals surface area contributed by atoms with Crippen LogP contribution >= 0.6 is 0 Å². The van der Waals surface area contributed by atoms with E-state index in [0.717, 1.165) is 18.4 Å². The van der Waals surface area contributed by atoms with E-state index in [1.165, 1.54) is 6.07 Å². The van der Waals surface area contributed by atoms with Crippen LogP contribution in [0.2, 0.25) is 0 Å². The molecule has 1 amide bonds. The summed E-state index contributed by atoms with van der Waals surface area (Å²) < 4.78 is 5.39. The van der Waals surface area contributed by atoms with Crippen molar-refractivity contribution in [3.05, 3.63) is 39.9 Å². The van der Waals surface area contributed by atoms with Crippen molar-refractivity contribution in [1.29, 1.82) is 0 Å². The highest BCUT2D eigenvalue weighted by Gasteiger charge is 2.26. The summed E-state index contributed by atoms with van der Waals surface area (Å²) in [5.41, 5.74) is 0.437. The second kappa shape index (κ2) is 8.29. The van der Waals surface area contributed by atoms with Crippen LogP contribution in [0.25, 0.3) is 0 Å². The Kier molecular flexibility index (Phi) is 6.36. The normalized spacial score (nSPS) is 15.9. The topological polar surface area (TPSA) is 84.7 Å². The Hall–Kier alpha value is -2.15. The van der Waals surface area contributed by atoms with Gasteiger partial charge in [0.2, 0.25) is 0 Å². The second-order valence-electron chi connectivity index (χ2n) is 7.33. The molecule has 1 heterocycles. The van der Waals surface area contributed by atoms with Crippen molar-refractivity contribution in [2.75, 3.05) is 19.6 Å². The van der Waals surface area contributed by atoms with Gasteiger partial charge in [-0.25, -0.2) is 4.79 Å². The van der Waals surface area contributed by atoms with E-state index in [-0.39, 0.29) is 16.7 Å². The molecule has 0 aliphatic carbocycles. The van der Waals surface area contributed by atoms with Crippen LogP contribution in [0.15, 0.2) is 24.3 Å². The van der Waals surface area contributed by atoms with Crippen molar-refractivity contribution in [2.24, 2.45) is 0 Å². The van der Waals surface area contributed by atoms with Crippen molar-refractivity contribution < 1.29 is 14.5 Å². The number of piperidine rings is 1. The third kappa shape index (κ3) is 6.01. The standard InChI is InChI=1S/C18H27N3O4/c1-18(2,3)25-17(22)20-12-9-15(10-13-20)19-11-8-14-6-4-5-7-16(14)21(23)24/h4-7,15,19H,8-13H2,1-3H3. The van der Waals surface area contributed by atoms with Crippen LogP contribution in [-0.4, -0.2) is 47.2 Å². The molecule has 0 radical (unpaired) electrons. The first-order valence-electron chi connectivity index (χ1n) is 8.70. The molecule has 1 aliphatic rings. The molecule has 1 fully saturated rings. The number of para-hydroxylation sites is 1. The Morgan fingerprint density at radius 3 is 2.56 bits per heavy atom. The van der Waals surface area contributed by atoms with Crippen LogP contribution < -0.4 is 5.32 Å². The summed E-state index contributed by atoms with van der Waals surface area (Å²) in [5.74, 6) is 0. The zero-order valence-corrected chi connectivity index (χ0v) is 15.2. The van der Waals surface area contributed by atoms with Crippen LogP contribution in [0, 0.1) is 10.1 Å². The first-order valence-corrected chi connectivity index (χ1v) is 8.70. The zero-order chi connectivity index (χ0) is 18.4. The number of hydrogen-bond acceptors (Lipinski definition) is 5. The summed E-state index contributed by atoms with van der Waals surface area (Å²) in [5, 5.41) is 14.5. The minimum atomic E-state index is -0.476. The number of nitro benzene ring substituents is 1. The fraction of sp³-hybridized carbons (Fsp3) is 0.611. The lowest BCUT2D eigenvalue weighted by molar-refractivity contribution is -0.385. The quantitative estimate of drug-likeness (QED) is 0.652. The van der Waals surface area contributed by atoms with Gasteiger partial charge in [-0.2, -0.15) is 0 Å². The molecule has 0 saturated carbocycles. The maximum atomic E-state index is 12.0. The van der Waals surface area contributed by atoms with Gasteiger partial charge >= 0.3 is 6.09 Å². The average molecular weight is 349 g/mol. The highest BCUT2D eigenvalue weighted by molar-refractivity contribution is 5.68. The summed E-state index contributed by atoms with van der Waals surface area (Å²) in [4.78, 5) is 24.5. The smallest absolute Gasteiger partial charge is 0.410 e. The van der Waals surface area contributed by atoms with Crippen LogP contribution in [-0.2, 0) is 11.2 Å². The fourth-order valence-corrected chi connectivity index (χ4v) is 2.90. The van der Waals surface area contributed by atoms with Gasteiger partial charge < -0.3 is 15.0 Å². The number of nitro groups is 1. The number of amides is 1. The largest absolute Gasteiger partial charge is 0.444 e. The number of nitrogens with one attached hydrogen (secondary N) is 1. The molecule has 1 saturated heterocycles. The number of carbonyl (C=O) groups excluding carboxylic acids is 1. The van der Waals surface area contributed by atoms with E-state index >= 15 is 0 Å². The molecule has 25 heavy (non-hydrogen) atoms. The number of rotatable bonds is 5.